The van der Waals surface area contributed by atoms with Gasteiger partial charge in [0, 0.05) is 26.2 Å². The van der Waals surface area contributed by atoms with Crippen LogP contribution in [0.25, 0.3) is 11.0 Å². The van der Waals surface area contributed by atoms with E-state index in [4.69, 9.17) is 0 Å². The van der Waals surface area contributed by atoms with Crippen LogP contribution < -0.4 is 0 Å². The highest BCUT2D eigenvalue weighted by atomic mass is 32.2. The number of rotatable bonds is 4. The van der Waals surface area contributed by atoms with Crippen molar-refractivity contribution >= 4 is 21.1 Å². The highest BCUT2D eigenvalue weighted by Gasteiger charge is 2.39. The van der Waals surface area contributed by atoms with E-state index < -0.39 is 26.7 Å². The van der Waals surface area contributed by atoms with Crippen LogP contribution >= 0.6 is 0 Å². The standard InChI is InChI=1S/C19H19F3N4O2S/c20-19(21,22)14-5-1-4-8-17(14)29(27,28)26-11-9-25(10-12-26)13-18-23-15-6-2-3-7-16(15)24-18/h1-8H,9-13H2,(H,23,24). The molecular weight excluding hydrogens is 405 g/mol. The van der Waals surface area contributed by atoms with E-state index in [0.29, 0.717) is 19.6 Å². The molecule has 6 nitrogen and oxygen atoms in total. The Bertz CT molecular complexity index is 1090. The van der Waals surface area contributed by atoms with Gasteiger partial charge in [-0.1, -0.05) is 24.3 Å². The Balaban J connectivity index is 1.46. The number of benzene rings is 2. The number of nitrogens with one attached hydrogen (secondary N) is 1. The molecule has 4 rings (SSSR count). The first kappa shape index (κ1) is 19.9. The van der Waals surface area contributed by atoms with Crippen molar-refractivity contribution in [2.24, 2.45) is 0 Å². The zero-order valence-corrected chi connectivity index (χ0v) is 16.2. The highest BCUT2D eigenvalue weighted by Crippen LogP contribution is 2.35. The molecule has 0 radical (unpaired) electrons. The fourth-order valence-electron chi connectivity index (χ4n) is 3.49. The first-order chi connectivity index (χ1) is 13.7. The van der Waals surface area contributed by atoms with Crippen LogP contribution in [0.2, 0.25) is 0 Å². The lowest BCUT2D eigenvalue weighted by atomic mass is 10.2. The van der Waals surface area contributed by atoms with E-state index in [9.17, 15) is 21.6 Å². The van der Waals surface area contributed by atoms with Gasteiger partial charge >= 0.3 is 6.18 Å². The number of aromatic nitrogens is 2. The summed E-state index contributed by atoms with van der Waals surface area (Å²) in [7, 11) is -4.23. The second kappa shape index (κ2) is 7.43. The quantitative estimate of drug-likeness (QED) is 0.699. The van der Waals surface area contributed by atoms with E-state index in [1.54, 1.807) is 0 Å². The predicted octanol–water partition coefficient (Wildman–Crippen LogP) is 3.09. The number of sulfonamides is 1. The molecule has 29 heavy (non-hydrogen) atoms. The van der Waals surface area contributed by atoms with E-state index in [1.807, 2.05) is 29.2 Å². The molecule has 2 heterocycles. The van der Waals surface area contributed by atoms with Crippen LogP contribution in [0, 0.1) is 0 Å². The van der Waals surface area contributed by atoms with Gasteiger partial charge in [-0.2, -0.15) is 17.5 Å². The van der Waals surface area contributed by atoms with Crippen molar-refractivity contribution in [3.05, 3.63) is 59.9 Å². The topological polar surface area (TPSA) is 69.3 Å². The number of halogens is 3. The maximum atomic E-state index is 13.2. The first-order valence-electron chi connectivity index (χ1n) is 9.07. The van der Waals surface area contributed by atoms with Crippen molar-refractivity contribution in [1.29, 1.82) is 0 Å². The number of piperazine rings is 1. The minimum absolute atomic E-state index is 0.120. The third-order valence-electron chi connectivity index (χ3n) is 4.95. The lowest BCUT2D eigenvalue weighted by molar-refractivity contribution is -0.139. The van der Waals surface area contributed by atoms with Crippen molar-refractivity contribution in [2.75, 3.05) is 26.2 Å². The molecular formula is C19H19F3N4O2S. The third kappa shape index (κ3) is 4.00. The SMILES string of the molecule is O=S(=O)(c1ccccc1C(F)(F)F)N1CCN(Cc2nc3ccccc3[nH]2)CC1. The summed E-state index contributed by atoms with van der Waals surface area (Å²) in [4.78, 5) is 9.06. The van der Waals surface area contributed by atoms with Gasteiger partial charge in [0.2, 0.25) is 10.0 Å². The van der Waals surface area contributed by atoms with E-state index in [2.05, 4.69) is 9.97 Å². The summed E-state index contributed by atoms with van der Waals surface area (Å²) in [6, 6.07) is 11.9. The molecule has 0 bridgehead atoms. The summed E-state index contributed by atoms with van der Waals surface area (Å²) < 4.78 is 66.5. The summed E-state index contributed by atoms with van der Waals surface area (Å²) in [5, 5.41) is 0. The molecule has 1 saturated heterocycles. The number of hydrogen-bond donors (Lipinski definition) is 1. The van der Waals surface area contributed by atoms with Crippen molar-refractivity contribution < 1.29 is 21.6 Å². The van der Waals surface area contributed by atoms with E-state index >= 15 is 0 Å². The average molecular weight is 424 g/mol. The van der Waals surface area contributed by atoms with Gasteiger partial charge in [0.15, 0.2) is 0 Å². The minimum Gasteiger partial charge on any atom is -0.341 e. The number of nitrogens with zero attached hydrogens (tertiary/aromatic N) is 3. The molecule has 2 aromatic carbocycles. The molecule has 1 N–H and O–H groups in total. The Morgan fingerprint density at radius 2 is 1.62 bits per heavy atom. The fourth-order valence-corrected chi connectivity index (χ4v) is 5.12. The number of H-pyrrole nitrogens is 1. The molecule has 0 spiro atoms. The van der Waals surface area contributed by atoms with E-state index in [1.165, 1.54) is 12.1 Å². The monoisotopic (exact) mass is 424 g/mol. The minimum atomic E-state index is -4.73. The normalized spacial score (nSPS) is 17.1. The van der Waals surface area contributed by atoms with Crippen molar-refractivity contribution in [1.82, 2.24) is 19.2 Å². The Morgan fingerprint density at radius 3 is 2.31 bits per heavy atom. The summed E-state index contributed by atoms with van der Waals surface area (Å²) in [6.45, 7) is 1.57. The number of imidazole rings is 1. The molecule has 0 saturated carbocycles. The molecule has 0 unspecified atom stereocenters. The molecule has 10 heteroatoms. The highest BCUT2D eigenvalue weighted by molar-refractivity contribution is 7.89. The van der Waals surface area contributed by atoms with Gasteiger partial charge in [0.1, 0.15) is 5.82 Å². The maximum absolute atomic E-state index is 13.2. The molecule has 0 atom stereocenters. The van der Waals surface area contributed by atoms with Crippen LogP contribution in [0.3, 0.4) is 0 Å². The molecule has 154 valence electrons. The third-order valence-corrected chi connectivity index (χ3v) is 6.91. The van der Waals surface area contributed by atoms with E-state index in [-0.39, 0.29) is 13.1 Å². The molecule has 1 aromatic heterocycles. The molecule has 0 amide bonds. The summed E-state index contributed by atoms with van der Waals surface area (Å²) >= 11 is 0. The van der Waals surface area contributed by atoms with Crippen LogP contribution in [0.4, 0.5) is 13.2 Å². The number of para-hydroxylation sites is 2. The molecule has 0 aliphatic carbocycles. The van der Waals surface area contributed by atoms with Gasteiger partial charge < -0.3 is 4.98 Å². The summed E-state index contributed by atoms with van der Waals surface area (Å²) in [5.41, 5.74) is 0.643. The van der Waals surface area contributed by atoms with Gasteiger partial charge in [-0.15, -0.1) is 0 Å². The second-order valence-corrected chi connectivity index (χ2v) is 8.78. The average Bonchev–Trinajstić information content (AvgIpc) is 3.10. The lowest BCUT2D eigenvalue weighted by Crippen LogP contribution is -2.48. The van der Waals surface area contributed by atoms with Crippen LogP contribution in [-0.2, 0) is 22.7 Å². The number of hydrogen-bond acceptors (Lipinski definition) is 4. The number of aromatic amines is 1. The fraction of sp³-hybridized carbons (Fsp3) is 0.316. The molecule has 1 fully saturated rings. The van der Waals surface area contributed by atoms with Crippen molar-refractivity contribution in [2.45, 2.75) is 17.6 Å². The van der Waals surface area contributed by atoms with Crippen LogP contribution in [-0.4, -0.2) is 53.8 Å². The lowest BCUT2D eigenvalue weighted by Gasteiger charge is -2.33. The van der Waals surface area contributed by atoms with Crippen LogP contribution in [0.15, 0.2) is 53.4 Å². The Labute approximate surface area is 166 Å². The zero-order chi connectivity index (χ0) is 20.6. The van der Waals surface area contributed by atoms with Crippen molar-refractivity contribution in [3.63, 3.8) is 0 Å². The molecule has 3 aromatic rings. The zero-order valence-electron chi connectivity index (χ0n) is 15.4. The molecule has 1 aliphatic rings. The predicted molar refractivity (Wildman–Crippen MR) is 102 cm³/mol. The number of fused-ring (bicyclic) bond motifs is 1. The summed E-state index contributed by atoms with van der Waals surface area (Å²) in [6.07, 6.45) is -4.73. The first-order valence-corrected chi connectivity index (χ1v) is 10.5. The van der Waals surface area contributed by atoms with Gasteiger partial charge in [-0.25, -0.2) is 13.4 Å². The number of alkyl halides is 3. The maximum Gasteiger partial charge on any atom is 0.417 e. The van der Waals surface area contributed by atoms with Crippen LogP contribution in [0.1, 0.15) is 11.4 Å². The van der Waals surface area contributed by atoms with Crippen molar-refractivity contribution in [3.8, 4) is 0 Å². The Kier molecular flexibility index (Phi) is 5.09. The van der Waals surface area contributed by atoms with Gasteiger partial charge in [-0.05, 0) is 24.3 Å². The molecule has 1 aliphatic heterocycles. The van der Waals surface area contributed by atoms with Gasteiger partial charge in [-0.3, -0.25) is 4.90 Å². The second-order valence-electron chi connectivity index (χ2n) is 6.87. The van der Waals surface area contributed by atoms with Gasteiger partial charge in [0.05, 0.1) is 28.0 Å². The Hall–Kier alpha value is -2.43. The van der Waals surface area contributed by atoms with Crippen LogP contribution in [0.5, 0.6) is 0 Å². The largest absolute Gasteiger partial charge is 0.417 e. The Morgan fingerprint density at radius 1 is 0.966 bits per heavy atom. The van der Waals surface area contributed by atoms with E-state index in [0.717, 1.165) is 33.3 Å². The summed E-state index contributed by atoms with van der Waals surface area (Å²) in [5.74, 6) is 0.768. The smallest absolute Gasteiger partial charge is 0.341 e. The van der Waals surface area contributed by atoms with Gasteiger partial charge in [0.25, 0.3) is 0 Å².